The summed E-state index contributed by atoms with van der Waals surface area (Å²) in [6.07, 6.45) is 4.05. The van der Waals surface area contributed by atoms with Gasteiger partial charge in [0.15, 0.2) is 0 Å². The van der Waals surface area contributed by atoms with Gasteiger partial charge in [-0.25, -0.2) is 0 Å². The number of nitrogens with one attached hydrogen (secondary N) is 2. The van der Waals surface area contributed by atoms with Crippen molar-refractivity contribution in [1.82, 2.24) is 15.2 Å². The fourth-order valence-electron chi connectivity index (χ4n) is 2.38. The Morgan fingerprint density at radius 3 is 2.84 bits per heavy atom. The van der Waals surface area contributed by atoms with Crippen LogP contribution in [-0.2, 0) is 0 Å². The van der Waals surface area contributed by atoms with Crippen LogP contribution in [0.1, 0.15) is 43.2 Å². The van der Waals surface area contributed by atoms with Crippen molar-refractivity contribution in [3.8, 4) is 0 Å². The molecule has 1 aromatic rings. The molecule has 1 saturated heterocycles. The van der Waals surface area contributed by atoms with Gasteiger partial charge in [-0.15, -0.1) is 0 Å². The molecule has 1 fully saturated rings. The number of hydrogen-bond acceptors (Lipinski definition) is 3. The second-order valence-corrected chi connectivity index (χ2v) is 5.78. The smallest absolute Gasteiger partial charge is 0.268 e. The van der Waals surface area contributed by atoms with Gasteiger partial charge in [0.1, 0.15) is 5.69 Å². The van der Waals surface area contributed by atoms with Crippen molar-refractivity contribution >= 4 is 5.91 Å². The van der Waals surface area contributed by atoms with Crippen LogP contribution in [0.2, 0.25) is 0 Å². The summed E-state index contributed by atoms with van der Waals surface area (Å²) in [7, 11) is 0. The average molecular weight is 265 g/mol. The molecule has 1 aromatic heterocycles. The molecule has 106 valence electrons. The van der Waals surface area contributed by atoms with Crippen molar-refractivity contribution in [2.45, 2.75) is 38.3 Å². The van der Waals surface area contributed by atoms with Gasteiger partial charge in [0.2, 0.25) is 0 Å². The van der Waals surface area contributed by atoms with Gasteiger partial charge in [-0.1, -0.05) is 0 Å². The topological polar surface area (TPSA) is 66.3 Å². The highest BCUT2D eigenvalue weighted by atomic mass is 16.3. The first-order valence-electron chi connectivity index (χ1n) is 6.85. The number of nitrogens with zero attached hydrogens (tertiary/aromatic N) is 1. The normalized spacial score (nSPS) is 17.4. The maximum Gasteiger partial charge on any atom is 0.268 e. The lowest BCUT2D eigenvalue weighted by Crippen LogP contribution is -2.39. The summed E-state index contributed by atoms with van der Waals surface area (Å²) in [5.41, 5.74) is -0.210. The molecule has 19 heavy (non-hydrogen) atoms. The maximum absolute atomic E-state index is 12.2. The van der Waals surface area contributed by atoms with Gasteiger partial charge in [-0.3, -0.25) is 4.79 Å². The van der Waals surface area contributed by atoms with Crippen LogP contribution in [0.15, 0.2) is 18.3 Å². The van der Waals surface area contributed by atoms with Crippen LogP contribution in [0.25, 0.3) is 0 Å². The van der Waals surface area contributed by atoms with Crippen LogP contribution in [0, 0.1) is 0 Å². The molecule has 1 aliphatic rings. The van der Waals surface area contributed by atoms with Gasteiger partial charge in [-0.2, -0.15) is 0 Å². The van der Waals surface area contributed by atoms with Crippen molar-refractivity contribution in [3.63, 3.8) is 0 Å². The molecule has 0 bridgehead atoms. The summed E-state index contributed by atoms with van der Waals surface area (Å²) in [5, 5.41) is 15.8. The van der Waals surface area contributed by atoms with Crippen LogP contribution >= 0.6 is 0 Å². The average Bonchev–Trinajstić information content (AvgIpc) is 2.85. The molecule has 5 heteroatoms. The molecule has 5 nitrogen and oxygen atoms in total. The Kier molecular flexibility index (Phi) is 4.27. The molecule has 1 amide bonds. The minimum atomic E-state index is -0.887. The standard InChI is InChI=1S/C14H23N3O2/c1-14(2,19)10-16-13(18)12-4-3-9-17(12)11-5-7-15-8-6-11/h3-4,9,11,15,19H,5-8,10H2,1-2H3,(H,16,18). The summed E-state index contributed by atoms with van der Waals surface area (Å²) < 4.78 is 2.06. The molecule has 1 aliphatic heterocycles. The summed E-state index contributed by atoms with van der Waals surface area (Å²) in [6.45, 7) is 5.60. The van der Waals surface area contributed by atoms with E-state index in [-0.39, 0.29) is 12.5 Å². The molecule has 0 spiro atoms. The van der Waals surface area contributed by atoms with Crippen LogP contribution in [0.5, 0.6) is 0 Å². The van der Waals surface area contributed by atoms with E-state index in [0.717, 1.165) is 25.9 Å². The molecule has 0 aliphatic carbocycles. The number of amides is 1. The maximum atomic E-state index is 12.2. The van der Waals surface area contributed by atoms with Gasteiger partial charge in [0, 0.05) is 18.8 Å². The summed E-state index contributed by atoms with van der Waals surface area (Å²) in [6, 6.07) is 4.13. The predicted molar refractivity (Wildman–Crippen MR) is 74.2 cm³/mol. The van der Waals surface area contributed by atoms with E-state index in [1.807, 2.05) is 18.3 Å². The van der Waals surface area contributed by atoms with Gasteiger partial charge < -0.3 is 20.3 Å². The quantitative estimate of drug-likeness (QED) is 0.758. The zero-order chi connectivity index (χ0) is 13.9. The number of aromatic nitrogens is 1. The third-order valence-corrected chi connectivity index (χ3v) is 3.40. The van der Waals surface area contributed by atoms with Crippen molar-refractivity contribution in [2.24, 2.45) is 0 Å². The van der Waals surface area contributed by atoms with Gasteiger partial charge in [-0.05, 0) is 51.9 Å². The molecular weight excluding hydrogens is 242 g/mol. The van der Waals surface area contributed by atoms with Crippen LogP contribution < -0.4 is 10.6 Å². The highest BCUT2D eigenvalue weighted by molar-refractivity contribution is 5.92. The Balaban J connectivity index is 2.04. The molecule has 0 saturated carbocycles. The second kappa shape index (κ2) is 5.75. The Labute approximate surface area is 114 Å². The molecule has 2 rings (SSSR count). The molecule has 0 unspecified atom stereocenters. The Morgan fingerprint density at radius 1 is 1.53 bits per heavy atom. The summed E-state index contributed by atoms with van der Waals surface area (Å²) in [4.78, 5) is 12.2. The number of piperidine rings is 1. The lowest BCUT2D eigenvalue weighted by molar-refractivity contribution is 0.0688. The molecule has 0 aromatic carbocycles. The monoisotopic (exact) mass is 265 g/mol. The molecule has 2 heterocycles. The predicted octanol–water partition coefficient (Wildman–Crippen LogP) is 0.913. The lowest BCUT2D eigenvalue weighted by Gasteiger charge is -2.26. The highest BCUT2D eigenvalue weighted by Gasteiger charge is 2.21. The molecular formula is C14H23N3O2. The third-order valence-electron chi connectivity index (χ3n) is 3.40. The van der Waals surface area contributed by atoms with E-state index in [1.54, 1.807) is 13.8 Å². The lowest BCUT2D eigenvalue weighted by atomic mass is 10.1. The largest absolute Gasteiger partial charge is 0.389 e. The summed E-state index contributed by atoms with van der Waals surface area (Å²) >= 11 is 0. The molecule has 3 N–H and O–H groups in total. The van der Waals surface area contributed by atoms with Crippen molar-refractivity contribution in [2.75, 3.05) is 19.6 Å². The van der Waals surface area contributed by atoms with E-state index in [0.29, 0.717) is 11.7 Å². The fourth-order valence-corrected chi connectivity index (χ4v) is 2.38. The van der Waals surface area contributed by atoms with Crippen molar-refractivity contribution in [1.29, 1.82) is 0 Å². The number of carbonyl (C=O) groups is 1. The van der Waals surface area contributed by atoms with Crippen molar-refractivity contribution < 1.29 is 9.90 Å². The van der Waals surface area contributed by atoms with Crippen LogP contribution in [0.3, 0.4) is 0 Å². The Hall–Kier alpha value is -1.33. The van der Waals surface area contributed by atoms with Gasteiger partial charge >= 0.3 is 0 Å². The van der Waals surface area contributed by atoms with E-state index in [1.165, 1.54) is 0 Å². The minimum Gasteiger partial charge on any atom is -0.389 e. The van der Waals surface area contributed by atoms with Crippen LogP contribution in [-0.4, -0.2) is 40.8 Å². The highest BCUT2D eigenvalue weighted by Crippen LogP contribution is 2.21. The van der Waals surface area contributed by atoms with E-state index >= 15 is 0 Å². The first kappa shape index (κ1) is 14.1. The zero-order valence-corrected chi connectivity index (χ0v) is 11.6. The van der Waals surface area contributed by atoms with E-state index in [4.69, 9.17) is 0 Å². The van der Waals surface area contributed by atoms with Crippen LogP contribution in [0.4, 0.5) is 0 Å². The number of aliphatic hydroxyl groups is 1. The number of rotatable bonds is 4. The number of carbonyl (C=O) groups excluding carboxylic acids is 1. The Bertz CT molecular complexity index is 428. The van der Waals surface area contributed by atoms with Gasteiger partial charge in [0.25, 0.3) is 5.91 Å². The first-order valence-corrected chi connectivity index (χ1v) is 6.85. The summed E-state index contributed by atoms with van der Waals surface area (Å²) in [5.74, 6) is -0.120. The SMILES string of the molecule is CC(C)(O)CNC(=O)c1cccn1C1CCNCC1. The second-order valence-electron chi connectivity index (χ2n) is 5.78. The van der Waals surface area contributed by atoms with Gasteiger partial charge in [0.05, 0.1) is 5.60 Å². The van der Waals surface area contributed by atoms with E-state index in [9.17, 15) is 9.90 Å². The minimum absolute atomic E-state index is 0.120. The van der Waals surface area contributed by atoms with Crippen molar-refractivity contribution in [3.05, 3.63) is 24.0 Å². The fraction of sp³-hybridized carbons (Fsp3) is 0.643. The Morgan fingerprint density at radius 2 is 2.21 bits per heavy atom. The molecule has 0 radical (unpaired) electrons. The van der Waals surface area contributed by atoms with E-state index < -0.39 is 5.60 Å². The van der Waals surface area contributed by atoms with E-state index in [2.05, 4.69) is 15.2 Å². The third kappa shape index (κ3) is 3.81. The first-order chi connectivity index (χ1) is 8.97. The molecule has 0 atom stereocenters. The number of hydrogen-bond donors (Lipinski definition) is 3. The zero-order valence-electron chi connectivity index (χ0n) is 11.6.